The molecule has 2 aliphatic heterocycles. The molecule has 0 aromatic rings. The first-order valence-electron chi connectivity index (χ1n) is 6.53. The molecule has 0 spiro atoms. The Kier molecular flexibility index (Phi) is 4.20. The zero-order valence-corrected chi connectivity index (χ0v) is 11.4. The zero-order valence-electron chi connectivity index (χ0n) is 10.5. The van der Waals surface area contributed by atoms with Gasteiger partial charge in [0.05, 0.1) is 5.41 Å². The van der Waals surface area contributed by atoms with Crippen LogP contribution in [0.25, 0.3) is 0 Å². The van der Waals surface area contributed by atoms with Crippen LogP contribution in [-0.4, -0.2) is 52.7 Å². The highest BCUT2D eigenvalue weighted by atomic mass is 32.2. The van der Waals surface area contributed by atoms with Crippen molar-refractivity contribution in [2.45, 2.75) is 26.2 Å². The average molecular weight is 258 g/mol. The van der Waals surface area contributed by atoms with Crippen LogP contribution in [-0.2, 0) is 15.6 Å². The SMILES string of the molecule is CCC1(C(=O)N2CCS(=O)CC2)CCNCC1. The minimum atomic E-state index is -0.704. The van der Waals surface area contributed by atoms with Crippen LogP contribution in [0.4, 0.5) is 0 Å². The number of piperidine rings is 1. The van der Waals surface area contributed by atoms with E-state index >= 15 is 0 Å². The van der Waals surface area contributed by atoms with Gasteiger partial charge in [0, 0.05) is 35.4 Å². The van der Waals surface area contributed by atoms with Gasteiger partial charge in [0.1, 0.15) is 0 Å². The van der Waals surface area contributed by atoms with Crippen molar-refractivity contribution in [1.29, 1.82) is 0 Å². The van der Waals surface area contributed by atoms with Crippen molar-refractivity contribution < 1.29 is 9.00 Å². The van der Waals surface area contributed by atoms with E-state index < -0.39 is 10.8 Å². The molecule has 0 radical (unpaired) electrons. The van der Waals surface area contributed by atoms with Crippen molar-refractivity contribution in [2.24, 2.45) is 5.41 Å². The third-order valence-corrected chi connectivity index (χ3v) is 5.43. The zero-order chi connectivity index (χ0) is 12.3. The standard InChI is InChI=1S/C12H22N2O2S/c1-2-12(3-5-13-6-4-12)11(15)14-7-9-17(16)10-8-14/h13H,2-10H2,1H3. The molecule has 0 unspecified atom stereocenters. The lowest BCUT2D eigenvalue weighted by atomic mass is 9.75. The lowest BCUT2D eigenvalue weighted by Gasteiger charge is -2.40. The number of nitrogens with zero attached hydrogens (tertiary/aromatic N) is 1. The lowest BCUT2D eigenvalue weighted by molar-refractivity contribution is -0.143. The van der Waals surface area contributed by atoms with E-state index in [0.717, 1.165) is 32.4 Å². The highest BCUT2D eigenvalue weighted by molar-refractivity contribution is 7.85. The number of rotatable bonds is 2. The molecule has 17 heavy (non-hydrogen) atoms. The summed E-state index contributed by atoms with van der Waals surface area (Å²) in [5.74, 6) is 1.62. The third-order valence-electron chi connectivity index (χ3n) is 4.16. The molecule has 0 aliphatic carbocycles. The van der Waals surface area contributed by atoms with Crippen molar-refractivity contribution >= 4 is 16.7 Å². The van der Waals surface area contributed by atoms with Crippen LogP contribution in [0.15, 0.2) is 0 Å². The maximum Gasteiger partial charge on any atom is 0.228 e. The van der Waals surface area contributed by atoms with Crippen LogP contribution in [0.2, 0.25) is 0 Å². The van der Waals surface area contributed by atoms with Gasteiger partial charge < -0.3 is 10.2 Å². The van der Waals surface area contributed by atoms with Crippen molar-refractivity contribution in [3.05, 3.63) is 0 Å². The molecule has 2 fully saturated rings. The molecule has 0 bridgehead atoms. The van der Waals surface area contributed by atoms with Gasteiger partial charge in [-0.2, -0.15) is 0 Å². The van der Waals surface area contributed by atoms with Crippen molar-refractivity contribution in [1.82, 2.24) is 10.2 Å². The largest absolute Gasteiger partial charge is 0.340 e. The Morgan fingerprint density at radius 2 is 1.88 bits per heavy atom. The van der Waals surface area contributed by atoms with Gasteiger partial charge in [-0.3, -0.25) is 9.00 Å². The first-order chi connectivity index (χ1) is 8.18. The highest BCUT2D eigenvalue weighted by Gasteiger charge is 2.40. The Morgan fingerprint density at radius 1 is 1.29 bits per heavy atom. The van der Waals surface area contributed by atoms with Crippen LogP contribution in [0.5, 0.6) is 0 Å². The number of amides is 1. The van der Waals surface area contributed by atoms with Gasteiger partial charge in [-0.1, -0.05) is 6.92 Å². The Balaban J connectivity index is 2.03. The Morgan fingerprint density at radius 3 is 2.41 bits per heavy atom. The molecular formula is C12H22N2O2S. The van der Waals surface area contributed by atoms with E-state index in [1.54, 1.807) is 0 Å². The third kappa shape index (κ3) is 2.71. The molecule has 2 aliphatic rings. The Bertz CT molecular complexity index is 304. The minimum Gasteiger partial charge on any atom is -0.340 e. The minimum absolute atomic E-state index is 0.149. The van der Waals surface area contributed by atoms with Crippen LogP contribution < -0.4 is 5.32 Å². The molecule has 0 aromatic heterocycles. The summed E-state index contributed by atoms with van der Waals surface area (Å²) < 4.78 is 11.3. The smallest absolute Gasteiger partial charge is 0.228 e. The molecule has 1 N–H and O–H groups in total. The van der Waals surface area contributed by atoms with Crippen molar-refractivity contribution in [3.63, 3.8) is 0 Å². The van der Waals surface area contributed by atoms with Gasteiger partial charge in [0.25, 0.3) is 0 Å². The van der Waals surface area contributed by atoms with E-state index in [9.17, 15) is 9.00 Å². The maximum absolute atomic E-state index is 12.6. The molecule has 0 saturated carbocycles. The van der Waals surface area contributed by atoms with Gasteiger partial charge in [-0.25, -0.2) is 0 Å². The maximum atomic E-state index is 12.6. The molecule has 1 amide bonds. The molecule has 98 valence electrons. The van der Waals surface area contributed by atoms with Crippen molar-refractivity contribution in [3.8, 4) is 0 Å². The number of nitrogens with one attached hydrogen (secondary N) is 1. The van der Waals surface area contributed by atoms with E-state index in [-0.39, 0.29) is 5.41 Å². The second-order valence-corrected chi connectivity index (χ2v) is 6.72. The first kappa shape index (κ1) is 13.0. The van der Waals surface area contributed by atoms with Gasteiger partial charge in [-0.05, 0) is 32.4 Å². The summed E-state index contributed by atoms with van der Waals surface area (Å²) in [6.07, 6.45) is 2.82. The summed E-state index contributed by atoms with van der Waals surface area (Å²) in [5, 5.41) is 3.32. The van der Waals surface area contributed by atoms with Gasteiger partial charge in [-0.15, -0.1) is 0 Å². The quantitative estimate of drug-likeness (QED) is 0.778. The molecule has 5 heteroatoms. The summed E-state index contributed by atoms with van der Waals surface area (Å²) in [6.45, 7) is 5.37. The van der Waals surface area contributed by atoms with Gasteiger partial charge in [0.15, 0.2) is 0 Å². The highest BCUT2D eigenvalue weighted by Crippen LogP contribution is 2.34. The van der Waals surface area contributed by atoms with E-state index in [1.165, 1.54) is 0 Å². The topological polar surface area (TPSA) is 49.4 Å². The van der Waals surface area contributed by atoms with E-state index in [1.807, 2.05) is 4.90 Å². The second kappa shape index (κ2) is 5.48. The summed E-state index contributed by atoms with van der Waals surface area (Å²) in [6, 6.07) is 0. The van der Waals surface area contributed by atoms with E-state index in [4.69, 9.17) is 0 Å². The van der Waals surface area contributed by atoms with Gasteiger partial charge >= 0.3 is 0 Å². The van der Waals surface area contributed by atoms with Crippen LogP contribution in [0.3, 0.4) is 0 Å². The fraction of sp³-hybridized carbons (Fsp3) is 0.917. The average Bonchev–Trinajstić information content (AvgIpc) is 2.39. The first-order valence-corrected chi connectivity index (χ1v) is 8.02. The van der Waals surface area contributed by atoms with E-state index in [2.05, 4.69) is 12.2 Å². The molecule has 2 heterocycles. The number of carbonyl (C=O) groups excluding carboxylic acids is 1. The van der Waals surface area contributed by atoms with Crippen LogP contribution in [0.1, 0.15) is 26.2 Å². The molecule has 4 nitrogen and oxygen atoms in total. The number of hydrogen-bond acceptors (Lipinski definition) is 3. The predicted molar refractivity (Wildman–Crippen MR) is 69.3 cm³/mol. The molecular weight excluding hydrogens is 236 g/mol. The summed E-state index contributed by atoms with van der Waals surface area (Å²) in [7, 11) is -0.704. The monoisotopic (exact) mass is 258 g/mol. The molecule has 2 rings (SSSR count). The predicted octanol–water partition coefficient (Wildman–Crippen LogP) is 0.357. The number of hydrogen-bond donors (Lipinski definition) is 1. The van der Waals surface area contributed by atoms with Crippen molar-refractivity contribution in [2.75, 3.05) is 37.7 Å². The second-order valence-electron chi connectivity index (χ2n) is 5.02. The molecule has 0 aromatic carbocycles. The van der Waals surface area contributed by atoms with Crippen LogP contribution in [0, 0.1) is 5.41 Å². The van der Waals surface area contributed by atoms with Gasteiger partial charge in [0.2, 0.25) is 5.91 Å². The normalized spacial score (nSPS) is 25.8. The summed E-state index contributed by atoms with van der Waals surface area (Å²) in [4.78, 5) is 14.6. The van der Waals surface area contributed by atoms with Crippen LogP contribution >= 0.6 is 0 Å². The Hall–Kier alpha value is -0.420. The molecule has 0 atom stereocenters. The molecule has 2 saturated heterocycles. The van der Waals surface area contributed by atoms with E-state index in [0.29, 0.717) is 30.5 Å². The summed E-state index contributed by atoms with van der Waals surface area (Å²) in [5.41, 5.74) is -0.149. The fourth-order valence-corrected chi connectivity index (χ4v) is 3.85. The number of carbonyl (C=O) groups is 1. The Labute approximate surface area is 106 Å². The lowest BCUT2D eigenvalue weighted by Crippen LogP contribution is -2.52. The summed E-state index contributed by atoms with van der Waals surface area (Å²) >= 11 is 0. The fourth-order valence-electron chi connectivity index (χ4n) is 2.80.